The smallest absolute Gasteiger partial charge is 0.318 e. The van der Waals surface area contributed by atoms with Gasteiger partial charge in [0.25, 0.3) is 5.91 Å². The molecule has 0 saturated carbocycles. The lowest BCUT2D eigenvalue weighted by molar-refractivity contribution is -0.133. The van der Waals surface area contributed by atoms with E-state index in [1.807, 2.05) is 58.0 Å². The van der Waals surface area contributed by atoms with Crippen LogP contribution in [0.15, 0.2) is 54.6 Å². The number of carbonyl (C=O) groups is 5. The normalized spacial score (nSPS) is 19.2. The van der Waals surface area contributed by atoms with E-state index in [2.05, 4.69) is 21.3 Å². The van der Waals surface area contributed by atoms with Gasteiger partial charge in [-0.2, -0.15) is 0 Å². The summed E-state index contributed by atoms with van der Waals surface area (Å²) >= 11 is 0. The number of likely N-dealkylation sites (tertiary alicyclic amines) is 1. The maximum atomic E-state index is 13.9. The fourth-order valence-corrected chi connectivity index (χ4v) is 6.11. The molecule has 5 amide bonds. The molecule has 0 radical (unpaired) electrons. The number of rotatable bonds is 16. The van der Waals surface area contributed by atoms with Gasteiger partial charge in [0.2, 0.25) is 11.8 Å². The van der Waals surface area contributed by atoms with Gasteiger partial charge in [0.1, 0.15) is 23.4 Å². The van der Waals surface area contributed by atoms with Crippen molar-refractivity contribution in [2.75, 3.05) is 26.8 Å². The number of piperidine rings is 1. The topological polar surface area (TPSA) is 158 Å². The molecular formula is C38H53N5O7. The summed E-state index contributed by atoms with van der Waals surface area (Å²) in [6, 6.07) is 13.1. The lowest BCUT2D eigenvalue weighted by Gasteiger charge is -2.34. The van der Waals surface area contributed by atoms with Gasteiger partial charge < -0.3 is 35.6 Å². The maximum Gasteiger partial charge on any atom is 0.318 e. The zero-order chi connectivity index (χ0) is 36.4. The summed E-state index contributed by atoms with van der Waals surface area (Å²) in [7, 11) is 1.57. The molecule has 0 spiro atoms. The fraction of sp³-hybridized carbons (Fsp3) is 0.553. The number of ether oxygens (including phenoxy) is 2. The third-order valence-electron chi connectivity index (χ3n) is 9.15. The summed E-state index contributed by atoms with van der Waals surface area (Å²) in [4.78, 5) is 68.8. The summed E-state index contributed by atoms with van der Waals surface area (Å²) < 4.78 is 10.6. The molecule has 2 heterocycles. The number of epoxide rings is 1. The molecule has 0 aliphatic carbocycles. The number of nitrogens with zero attached hydrogens (tertiary/aromatic N) is 1. The maximum absolute atomic E-state index is 13.9. The number of benzene rings is 2. The van der Waals surface area contributed by atoms with E-state index in [-0.39, 0.29) is 42.0 Å². The van der Waals surface area contributed by atoms with Gasteiger partial charge in [0, 0.05) is 31.1 Å². The Kier molecular flexibility index (Phi) is 13.4. The van der Waals surface area contributed by atoms with Crippen LogP contribution in [0.1, 0.15) is 76.2 Å². The van der Waals surface area contributed by atoms with Gasteiger partial charge in [-0.3, -0.25) is 19.2 Å². The first-order chi connectivity index (χ1) is 23.8. The van der Waals surface area contributed by atoms with Crippen LogP contribution in [0.3, 0.4) is 0 Å². The number of hydrogen-bond donors (Lipinski definition) is 4. The number of urea groups is 1. The summed E-state index contributed by atoms with van der Waals surface area (Å²) in [5, 5.41) is 11.8. The number of Topliss-reactive ketones (excluding diaryl/α,β-unsaturated/α-hetero) is 1. The monoisotopic (exact) mass is 691 g/mol. The molecule has 272 valence electrons. The van der Waals surface area contributed by atoms with Crippen molar-refractivity contribution < 1.29 is 33.4 Å². The third-order valence-corrected chi connectivity index (χ3v) is 9.15. The van der Waals surface area contributed by atoms with Gasteiger partial charge in [0.05, 0.1) is 19.8 Å². The van der Waals surface area contributed by atoms with E-state index in [1.54, 1.807) is 43.2 Å². The number of methoxy groups -OCH3 is 1. The standard InChI is InChI=1S/C38H53N5O7/c1-24(2)20-30(33(44)38(5)23-50-38)40-36(47)32(22-26-10-8-7-9-11-26)41-35(46)31(21-25(3)4)42-37(48)43-18-16-28(17-19-43)39-34(45)27-12-14-29(49-6)15-13-27/h7-15,24-25,28,30-32H,16-23H2,1-6H3,(H,39,45)(H,40,47)(H,41,46)(H,42,48). The fourth-order valence-electron chi connectivity index (χ4n) is 6.11. The molecule has 0 bridgehead atoms. The molecule has 2 aliphatic heterocycles. The molecule has 2 aromatic rings. The van der Waals surface area contributed by atoms with Gasteiger partial charge in [-0.1, -0.05) is 58.0 Å². The minimum absolute atomic E-state index is 0.0682. The molecule has 4 N–H and O–H groups in total. The average molecular weight is 692 g/mol. The Morgan fingerprint density at radius 1 is 0.820 bits per heavy atom. The molecule has 2 aliphatic rings. The number of amides is 5. The zero-order valence-electron chi connectivity index (χ0n) is 30.1. The average Bonchev–Trinajstić information content (AvgIpc) is 3.85. The van der Waals surface area contributed by atoms with Crippen LogP contribution >= 0.6 is 0 Å². The van der Waals surface area contributed by atoms with Crippen molar-refractivity contribution in [3.63, 3.8) is 0 Å². The van der Waals surface area contributed by atoms with Crippen LogP contribution in [0.2, 0.25) is 0 Å². The Bertz CT molecular complexity index is 1470. The van der Waals surface area contributed by atoms with E-state index in [4.69, 9.17) is 9.47 Å². The molecule has 2 saturated heterocycles. The molecule has 4 rings (SSSR count). The summed E-state index contributed by atoms with van der Waals surface area (Å²) in [5.41, 5.74) is 0.457. The zero-order valence-corrected chi connectivity index (χ0v) is 30.1. The first-order valence-corrected chi connectivity index (χ1v) is 17.6. The van der Waals surface area contributed by atoms with Crippen molar-refractivity contribution in [3.05, 3.63) is 65.7 Å². The predicted octanol–water partition coefficient (Wildman–Crippen LogP) is 3.63. The van der Waals surface area contributed by atoms with Crippen molar-refractivity contribution in [1.29, 1.82) is 0 Å². The van der Waals surface area contributed by atoms with Crippen LogP contribution in [-0.4, -0.2) is 91.0 Å². The molecule has 4 unspecified atom stereocenters. The minimum Gasteiger partial charge on any atom is -0.497 e. The molecule has 12 nitrogen and oxygen atoms in total. The van der Waals surface area contributed by atoms with Crippen molar-refractivity contribution in [3.8, 4) is 5.75 Å². The van der Waals surface area contributed by atoms with Gasteiger partial charge in [0.15, 0.2) is 5.78 Å². The molecule has 12 heteroatoms. The van der Waals surface area contributed by atoms with E-state index in [9.17, 15) is 24.0 Å². The van der Waals surface area contributed by atoms with Gasteiger partial charge in [-0.25, -0.2) is 4.79 Å². The number of nitrogens with one attached hydrogen (secondary N) is 4. The molecule has 2 fully saturated rings. The van der Waals surface area contributed by atoms with Crippen LogP contribution in [-0.2, 0) is 25.5 Å². The Balaban J connectivity index is 1.39. The molecular weight excluding hydrogens is 638 g/mol. The lowest BCUT2D eigenvalue weighted by Crippen LogP contribution is -2.59. The Morgan fingerprint density at radius 2 is 1.38 bits per heavy atom. The minimum atomic E-state index is -0.989. The highest BCUT2D eigenvalue weighted by Gasteiger charge is 2.50. The van der Waals surface area contributed by atoms with Gasteiger partial charge >= 0.3 is 6.03 Å². The van der Waals surface area contributed by atoms with E-state index < -0.39 is 35.5 Å². The van der Waals surface area contributed by atoms with Gasteiger partial charge in [-0.15, -0.1) is 0 Å². The second-order valence-electron chi connectivity index (χ2n) is 14.4. The number of ketones is 1. The van der Waals surface area contributed by atoms with Crippen molar-refractivity contribution in [1.82, 2.24) is 26.2 Å². The van der Waals surface area contributed by atoms with Crippen molar-refractivity contribution in [2.45, 2.75) is 96.5 Å². The van der Waals surface area contributed by atoms with Crippen LogP contribution in [0.4, 0.5) is 4.79 Å². The summed E-state index contributed by atoms with van der Waals surface area (Å²) in [6.07, 6.45) is 2.12. The summed E-state index contributed by atoms with van der Waals surface area (Å²) in [6.45, 7) is 10.7. The Morgan fingerprint density at radius 3 is 1.94 bits per heavy atom. The van der Waals surface area contributed by atoms with Crippen molar-refractivity contribution >= 4 is 29.5 Å². The largest absolute Gasteiger partial charge is 0.497 e. The quantitative estimate of drug-likeness (QED) is 0.196. The second kappa shape index (κ2) is 17.5. The number of hydrogen-bond acceptors (Lipinski definition) is 7. The highest BCUT2D eigenvalue weighted by molar-refractivity contribution is 5.98. The first kappa shape index (κ1) is 38.4. The SMILES string of the molecule is COc1ccc(C(=O)NC2CCN(C(=O)NC(CC(C)C)C(=O)NC(Cc3ccccc3)C(=O)NC(CC(C)C)C(=O)C3(C)CO3)CC2)cc1. The molecule has 2 aromatic carbocycles. The third kappa shape index (κ3) is 11.0. The van der Waals surface area contributed by atoms with Crippen LogP contribution in [0.25, 0.3) is 0 Å². The van der Waals surface area contributed by atoms with E-state index in [1.165, 1.54) is 0 Å². The Hall–Kier alpha value is -4.45. The van der Waals surface area contributed by atoms with E-state index >= 15 is 0 Å². The van der Waals surface area contributed by atoms with Crippen molar-refractivity contribution in [2.24, 2.45) is 11.8 Å². The summed E-state index contributed by atoms with van der Waals surface area (Å²) in [5.74, 6) is -0.451. The first-order valence-electron chi connectivity index (χ1n) is 17.6. The van der Waals surface area contributed by atoms with Gasteiger partial charge in [-0.05, 0) is 74.3 Å². The lowest BCUT2D eigenvalue weighted by atomic mass is 9.93. The van der Waals surface area contributed by atoms with E-state index in [0.717, 1.165) is 5.56 Å². The second-order valence-corrected chi connectivity index (χ2v) is 14.4. The molecule has 4 atom stereocenters. The van der Waals surface area contributed by atoms with Crippen LogP contribution in [0, 0.1) is 11.8 Å². The highest BCUT2D eigenvalue weighted by atomic mass is 16.6. The number of carbonyl (C=O) groups excluding carboxylic acids is 5. The predicted molar refractivity (Wildman–Crippen MR) is 190 cm³/mol. The Labute approximate surface area is 295 Å². The molecule has 50 heavy (non-hydrogen) atoms. The van der Waals surface area contributed by atoms with E-state index in [0.29, 0.717) is 56.7 Å². The highest BCUT2D eigenvalue weighted by Crippen LogP contribution is 2.29. The molecule has 0 aromatic heterocycles. The van der Waals surface area contributed by atoms with Crippen LogP contribution in [0.5, 0.6) is 5.75 Å². The van der Waals surface area contributed by atoms with Crippen LogP contribution < -0.4 is 26.0 Å².